The second-order valence-corrected chi connectivity index (χ2v) is 5.23. The molecule has 0 saturated carbocycles. The fraction of sp³-hybridized carbons (Fsp3) is 0.400. The molecule has 1 aliphatic rings. The summed E-state index contributed by atoms with van der Waals surface area (Å²) in [6, 6.07) is 4.94. The molecule has 0 saturated heterocycles. The molecular weight excluding hydrogens is 298 g/mol. The van der Waals surface area contributed by atoms with Gasteiger partial charge in [-0.1, -0.05) is 0 Å². The maximum absolute atomic E-state index is 11.9. The number of ether oxygens (including phenoxy) is 1. The van der Waals surface area contributed by atoms with Crippen molar-refractivity contribution in [2.75, 3.05) is 13.2 Å². The van der Waals surface area contributed by atoms with Crippen molar-refractivity contribution < 1.29 is 9.53 Å². The number of aromatic nitrogens is 4. The highest BCUT2D eigenvalue weighted by Gasteiger charge is 2.14. The van der Waals surface area contributed by atoms with Crippen LogP contribution >= 0.6 is 0 Å². The van der Waals surface area contributed by atoms with Crippen LogP contribution in [0.5, 0.6) is 5.88 Å². The summed E-state index contributed by atoms with van der Waals surface area (Å²) in [5.74, 6) is 0.00372. The molecule has 0 atom stereocenters. The first-order valence-corrected chi connectivity index (χ1v) is 7.49. The standard InChI is InChI=1S/C15H17N5O3/c21-13(10-23-14-5-2-6-17-18-14)16-7-8-20-15(22)9-11-3-1-4-12(11)19-20/h2,5-6,9H,1,3-4,7-8,10H2,(H,16,21). The zero-order valence-corrected chi connectivity index (χ0v) is 12.6. The van der Waals surface area contributed by atoms with Gasteiger partial charge < -0.3 is 10.1 Å². The number of carbonyl (C=O) groups is 1. The van der Waals surface area contributed by atoms with Crippen molar-refractivity contribution in [1.29, 1.82) is 0 Å². The van der Waals surface area contributed by atoms with Gasteiger partial charge in [-0.3, -0.25) is 9.59 Å². The molecule has 0 spiro atoms. The van der Waals surface area contributed by atoms with Crippen molar-refractivity contribution in [3.63, 3.8) is 0 Å². The molecule has 120 valence electrons. The highest BCUT2D eigenvalue weighted by molar-refractivity contribution is 5.77. The minimum Gasteiger partial charge on any atom is -0.466 e. The van der Waals surface area contributed by atoms with Crippen molar-refractivity contribution in [2.45, 2.75) is 25.8 Å². The molecule has 1 N–H and O–H groups in total. The third-order valence-electron chi connectivity index (χ3n) is 3.57. The highest BCUT2D eigenvalue weighted by atomic mass is 16.5. The Morgan fingerprint density at radius 2 is 2.30 bits per heavy atom. The van der Waals surface area contributed by atoms with E-state index in [9.17, 15) is 9.59 Å². The molecule has 2 aromatic heterocycles. The van der Waals surface area contributed by atoms with Crippen LogP contribution in [-0.4, -0.2) is 39.0 Å². The van der Waals surface area contributed by atoms with Crippen LogP contribution in [0.15, 0.2) is 29.2 Å². The summed E-state index contributed by atoms with van der Waals surface area (Å²) in [5, 5.41) is 14.4. The minimum absolute atomic E-state index is 0.129. The summed E-state index contributed by atoms with van der Waals surface area (Å²) in [7, 11) is 0. The van der Waals surface area contributed by atoms with E-state index in [4.69, 9.17) is 4.74 Å². The maximum Gasteiger partial charge on any atom is 0.267 e. The van der Waals surface area contributed by atoms with Gasteiger partial charge in [-0.05, 0) is 30.9 Å². The molecule has 2 heterocycles. The summed E-state index contributed by atoms with van der Waals surface area (Å²) < 4.78 is 6.58. The zero-order chi connectivity index (χ0) is 16.1. The molecule has 2 aromatic rings. The molecule has 1 amide bonds. The zero-order valence-electron chi connectivity index (χ0n) is 12.6. The first-order valence-electron chi connectivity index (χ1n) is 7.49. The van der Waals surface area contributed by atoms with E-state index in [1.807, 2.05) is 0 Å². The van der Waals surface area contributed by atoms with Crippen molar-refractivity contribution in [1.82, 2.24) is 25.3 Å². The Kier molecular flexibility index (Phi) is 4.60. The maximum atomic E-state index is 11.9. The van der Waals surface area contributed by atoms with Crippen molar-refractivity contribution >= 4 is 5.91 Å². The first kappa shape index (κ1) is 15.1. The largest absolute Gasteiger partial charge is 0.466 e. The average Bonchev–Trinajstić information content (AvgIpc) is 3.01. The summed E-state index contributed by atoms with van der Waals surface area (Å²) >= 11 is 0. The second-order valence-electron chi connectivity index (χ2n) is 5.23. The fourth-order valence-corrected chi connectivity index (χ4v) is 2.46. The van der Waals surface area contributed by atoms with E-state index in [0.29, 0.717) is 19.0 Å². The molecule has 0 unspecified atom stereocenters. The van der Waals surface area contributed by atoms with Crippen molar-refractivity contribution in [3.05, 3.63) is 46.0 Å². The number of aryl methyl sites for hydroxylation is 2. The van der Waals surface area contributed by atoms with E-state index in [-0.39, 0.29) is 18.1 Å². The number of rotatable bonds is 6. The molecule has 0 radical (unpaired) electrons. The molecular formula is C15H17N5O3. The number of hydrogen-bond donors (Lipinski definition) is 1. The summed E-state index contributed by atoms with van der Waals surface area (Å²) in [6.45, 7) is 0.503. The molecule has 0 aromatic carbocycles. The summed E-state index contributed by atoms with van der Waals surface area (Å²) in [4.78, 5) is 23.6. The number of carbonyl (C=O) groups excluding carboxylic acids is 1. The third kappa shape index (κ3) is 3.91. The van der Waals surface area contributed by atoms with Crippen LogP contribution in [0.2, 0.25) is 0 Å². The monoisotopic (exact) mass is 315 g/mol. The average molecular weight is 315 g/mol. The smallest absolute Gasteiger partial charge is 0.267 e. The molecule has 8 heteroatoms. The van der Waals surface area contributed by atoms with Gasteiger partial charge in [0.15, 0.2) is 6.61 Å². The van der Waals surface area contributed by atoms with Gasteiger partial charge in [-0.15, -0.1) is 5.10 Å². The van der Waals surface area contributed by atoms with Crippen molar-refractivity contribution in [3.8, 4) is 5.88 Å². The van der Waals surface area contributed by atoms with Crippen LogP contribution in [0, 0.1) is 0 Å². The number of nitrogens with one attached hydrogen (secondary N) is 1. The lowest BCUT2D eigenvalue weighted by atomic mass is 10.2. The topological polar surface area (TPSA) is 99.0 Å². The molecule has 0 aliphatic heterocycles. The quantitative estimate of drug-likeness (QED) is 0.787. The predicted molar refractivity (Wildman–Crippen MR) is 81.1 cm³/mol. The molecule has 0 bridgehead atoms. The van der Waals surface area contributed by atoms with Crippen LogP contribution in [0.1, 0.15) is 17.7 Å². The number of amides is 1. The van der Waals surface area contributed by atoms with Crippen LogP contribution in [0.25, 0.3) is 0 Å². The Morgan fingerprint density at radius 1 is 1.39 bits per heavy atom. The lowest BCUT2D eigenvalue weighted by molar-refractivity contribution is -0.123. The normalized spacial score (nSPS) is 12.7. The Morgan fingerprint density at radius 3 is 3.13 bits per heavy atom. The summed E-state index contributed by atoms with van der Waals surface area (Å²) in [6.07, 6.45) is 4.40. The first-order chi connectivity index (χ1) is 11.2. The van der Waals surface area contributed by atoms with Crippen LogP contribution < -0.4 is 15.6 Å². The Balaban J connectivity index is 1.46. The van der Waals surface area contributed by atoms with Gasteiger partial charge in [0.1, 0.15) is 0 Å². The molecule has 23 heavy (non-hydrogen) atoms. The SMILES string of the molecule is O=C(COc1cccnn1)NCCn1nc2c(cc1=O)CCC2. The molecule has 3 rings (SSSR count). The molecule has 8 nitrogen and oxygen atoms in total. The van der Waals surface area contributed by atoms with Gasteiger partial charge in [0, 0.05) is 24.9 Å². The summed E-state index contributed by atoms with van der Waals surface area (Å²) in [5.41, 5.74) is 1.91. The second kappa shape index (κ2) is 6.99. The van der Waals surface area contributed by atoms with Gasteiger partial charge in [-0.2, -0.15) is 10.2 Å². The van der Waals surface area contributed by atoms with E-state index in [1.165, 1.54) is 10.9 Å². The third-order valence-corrected chi connectivity index (χ3v) is 3.57. The Labute approximate surface area is 132 Å². The number of hydrogen-bond acceptors (Lipinski definition) is 6. The van der Waals surface area contributed by atoms with Gasteiger partial charge in [0.05, 0.1) is 12.2 Å². The molecule has 1 aliphatic carbocycles. The van der Waals surface area contributed by atoms with Crippen LogP contribution in [0.3, 0.4) is 0 Å². The Hall–Kier alpha value is -2.77. The van der Waals surface area contributed by atoms with Gasteiger partial charge >= 0.3 is 0 Å². The van der Waals surface area contributed by atoms with Gasteiger partial charge in [0.2, 0.25) is 5.88 Å². The number of fused-ring (bicyclic) bond motifs is 1. The number of nitrogens with zero attached hydrogens (tertiary/aromatic N) is 4. The van der Waals surface area contributed by atoms with E-state index in [2.05, 4.69) is 20.6 Å². The highest BCUT2D eigenvalue weighted by Crippen LogP contribution is 2.16. The van der Waals surface area contributed by atoms with Gasteiger partial charge in [0.25, 0.3) is 11.5 Å². The van der Waals surface area contributed by atoms with E-state index < -0.39 is 0 Å². The molecule has 0 fully saturated rings. The predicted octanol–water partition coefficient (Wildman–Crippen LogP) is -0.283. The van der Waals surface area contributed by atoms with E-state index >= 15 is 0 Å². The fourth-order valence-electron chi connectivity index (χ4n) is 2.46. The van der Waals surface area contributed by atoms with Crippen molar-refractivity contribution in [2.24, 2.45) is 0 Å². The van der Waals surface area contributed by atoms with Crippen LogP contribution in [0.4, 0.5) is 0 Å². The van der Waals surface area contributed by atoms with E-state index in [1.54, 1.807) is 18.2 Å². The van der Waals surface area contributed by atoms with Crippen LogP contribution in [-0.2, 0) is 24.2 Å². The van der Waals surface area contributed by atoms with Gasteiger partial charge in [-0.25, -0.2) is 4.68 Å². The lowest BCUT2D eigenvalue weighted by Crippen LogP contribution is -2.34. The lowest BCUT2D eigenvalue weighted by Gasteiger charge is -2.08. The minimum atomic E-state index is -0.287. The Bertz CT molecular complexity index is 745. The van der Waals surface area contributed by atoms with E-state index in [0.717, 1.165) is 30.5 Å².